The van der Waals surface area contributed by atoms with Crippen molar-refractivity contribution in [2.24, 2.45) is 0 Å². The minimum Gasteiger partial charge on any atom is -0.367 e. The van der Waals surface area contributed by atoms with Crippen LogP contribution in [0.3, 0.4) is 0 Å². The fraction of sp³-hybridized carbons (Fsp3) is 0.750. The van der Waals surface area contributed by atoms with Crippen LogP contribution in [0.25, 0.3) is 0 Å². The van der Waals surface area contributed by atoms with Crippen molar-refractivity contribution in [1.82, 2.24) is 20.2 Å². The van der Waals surface area contributed by atoms with Crippen LogP contribution in [0.15, 0.2) is 6.33 Å². The fourth-order valence-electron chi connectivity index (χ4n) is 4.70. The number of nitrogens with one attached hydrogen (secondary N) is 2. The third-order valence-electron chi connectivity index (χ3n) is 6.25. The number of aromatic nitrogens is 2. The van der Waals surface area contributed by atoms with Crippen LogP contribution in [0.1, 0.15) is 56.9 Å². The predicted molar refractivity (Wildman–Crippen MR) is 107 cm³/mol. The number of carbonyl (C=O) groups is 1. The summed E-state index contributed by atoms with van der Waals surface area (Å²) in [5.74, 6) is 2.01. The summed E-state index contributed by atoms with van der Waals surface area (Å²) in [5.41, 5.74) is 1.08. The number of piperidine rings is 1. The number of rotatable bonds is 3. The van der Waals surface area contributed by atoms with E-state index in [1.807, 2.05) is 11.9 Å². The van der Waals surface area contributed by atoms with Gasteiger partial charge in [-0.1, -0.05) is 25.7 Å². The molecule has 27 heavy (non-hydrogen) atoms. The van der Waals surface area contributed by atoms with Gasteiger partial charge in [-0.25, -0.2) is 9.97 Å². The summed E-state index contributed by atoms with van der Waals surface area (Å²) in [6.07, 6.45) is 11.3. The molecule has 1 aliphatic carbocycles. The minimum atomic E-state index is 0.197. The third-order valence-corrected chi connectivity index (χ3v) is 6.25. The molecular weight excluding hydrogens is 340 g/mol. The summed E-state index contributed by atoms with van der Waals surface area (Å²) >= 11 is 0. The van der Waals surface area contributed by atoms with Gasteiger partial charge in [0.15, 0.2) is 0 Å². The second kappa shape index (κ2) is 8.42. The molecule has 0 atom stereocenters. The SMILES string of the molecule is CN1CC(=O)N(C2CCNCC2)Cc2c(NC3CCCCCC3)ncnc21. The summed E-state index contributed by atoms with van der Waals surface area (Å²) in [6.45, 7) is 2.96. The first-order valence-electron chi connectivity index (χ1n) is 10.5. The lowest BCUT2D eigenvalue weighted by Crippen LogP contribution is -2.47. The molecule has 3 aliphatic rings. The topological polar surface area (TPSA) is 73.4 Å². The number of fused-ring (bicyclic) bond motifs is 1. The van der Waals surface area contributed by atoms with Crippen LogP contribution in [0, 0.1) is 0 Å². The van der Waals surface area contributed by atoms with Crippen molar-refractivity contribution in [3.05, 3.63) is 11.9 Å². The zero-order chi connectivity index (χ0) is 18.6. The standard InChI is InChI=1S/C20H32N6O/c1-25-13-18(27)26(16-8-10-21-11-9-16)12-17-19(22-14-23-20(17)25)24-15-6-4-2-3-5-7-15/h14-16,21H,2-13H2,1H3,(H,22,23,24). The Balaban J connectivity index is 1.60. The van der Waals surface area contributed by atoms with Gasteiger partial charge in [0.05, 0.1) is 18.7 Å². The second-order valence-corrected chi connectivity index (χ2v) is 8.22. The van der Waals surface area contributed by atoms with E-state index in [2.05, 4.69) is 25.5 Å². The van der Waals surface area contributed by atoms with Crippen molar-refractivity contribution >= 4 is 17.5 Å². The van der Waals surface area contributed by atoms with E-state index in [1.165, 1.54) is 38.5 Å². The Morgan fingerprint density at radius 3 is 2.52 bits per heavy atom. The number of anilines is 2. The fourth-order valence-corrected chi connectivity index (χ4v) is 4.70. The van der Waals surface area contributed by atoms with E-state index in [4.69, 9.17) is 0 Å². The van der Waals surface area contributed by atoms with Crippen LogP contribution in [0.5, 0.6) is 0 Å². The number of nitrogens with zero attached hydrogens (tertiary/aromatic N) is 4. The zero-order valence-electron chi connectivity index (χ0n) is 16.4. The van der Waals surface area contributed by atoms with Crippen LogP contribution in [-0.2, 0) is 11.3 Å². The summed E-state index contributed by atoms with van der Waals surface area (Å²) in [4.78, 5) is 26.1. The van der Waals surface area contributed by atoms with Crippen LogP contribution in [0.2, 0.25) is 0 Å². The van der Waals surface area contributed by atoms with Gasteiger partial charge in [-0.05, 0) is 38.8 Å². The number of likely N-dealkylation sites (N-methyl/N-ethyl adjacent to an activating group) is 1. The molecule has 2 N–H and O–H groups in total. The van der Waals surface area contributed by atoms with Crippen molar-refractivity contribution in [2.45, 2.75) is 70.0 Å². The van der Waals surface area contributed by atoms with Gasteiger partial charge < -0.3 is 20.4 Å². The summed E-state index contributed by atoms with van der Waals surface area (Å²) < 4.78 is 0. The number of hydrogen-bond acceptors (Lipinski definition) is 6. The van der Waals surface area contributed by atoms with E-state index in [0.29, 0.717) is 25.2 Å². The molecule has 3 heterocycles. The molecule has 1 amide bonds. The van der Waals surface area contributed by atoms with Crippen molar-refractivity contribution in [3.63, 3.8) is 0 Å². The van der Waals surface area contributed by atoms with Gasteiger partial charge >= 0.3 is 0 Å². The first-order valence-corrected chi connectivity index (χ1v) is 10.5. The van der Waals surface area contributed by atoms with Crippen molar-refractivity contribution in [2.75, 3.05) is 36.9 Å². The molecule has 1 saturated carbocycles. The lowest BCUT2D eigenvalue weighted by atomic mass is 10.0. The highest BCUT2D eigenvalue weighted by molar-refractivity contribution is 5.84. The number of hydrogen-bond donors (Lipinski definition) is 2. The Morgan fingerprint density at radius 2 is 1.78 bits per heavy atom. The maximum Gasteiger partial charge on any atom is 0.242 e. The van der Waals surface area contributed by atoms with Gasteiger partial charge in [0.1, 0.15) is 18.0 Å². The monoisotopic (exact) mass is 372 g/mol. The Labute approximate surface area is 161 Å². The van der Waals surface area contributed by atoms with E-state index in [0.717, 1.165) is 43.1 Å². The highest BCUT2D eigenvalue weighted by Gasteiger charge is 2.32. The molecule has 2 aliphatic heterocycles. The lowest BCUT2D eigenvalue weighted by molar-refractivity contribution is -0.133. The molecule has 2 fully saturated rings. The molecule has 0 spiro atoms. The zero-order valence-corrected chi connectivity index (χ0v) is 16.4. The molecular formula is C20H32N6O. The second-order valence-electron chi connectivity index (χ2n) is 8.22. The Kier molecular flexibility index (Phi) is 5.76. The lowest BCUT2D eigenvalue weighted by Gasteiger charge is -2.34. The van der Waals surface area contributed by atoms with E-state index < -0.39 is 0 Å². The molecule has 0 unspecified atom stereocenters. The maximum atomic E-state index is 12.9. The van der Waals surface area contributed by atoms with Crippen LogP contribution >= 0.6 is 0 Å². The molecule has 0 aromatic carbocycles. The van der Waals surface area contributed by atoms with Crippen LogP contribution in [0.4, 0.5) is 11.6 Å². The average Bonchev–Trinajstić information content (AvgIpc) is 3.01. The van der Waals surface area contributed by atoms with Gasteiger partial charge in [-0.2, -0.15) is 0 Å². The molecule has 7 heteroatoms. The van der Waals surface area contributed by atoms with Crippen molar-refractivity contribution < 1.29 is 4.79 Å². The van der Waals surface area contributed by atoms with Gasteiger partial charge in [-0.3, -0.25) is 4.79 Å². The molecule has 148 valence electrons. The van der Waals surface area contributed by atoms with Crippen LogP contribution in [-0.4, -0.2) is 59.5 Å². The average molecular weight is 373 g/mol. The summed E-state index contributed by atoms with van der Waals surface area (Å²) in [6, 6.07) is 0.784. The molecule has 7 nitrogen and oxygen atoms in total. The Bertz CT molecular complexity index is 652. The van der Waals surface area contributed by atoms with Gasteiger partial charge in [0, 0.05) is 19.1 Å². The van der Waals surface area contributed by atoms with E-state index in [1.54, 1.807) is 6.33 Å². The minimum absolute atomic E-state index is 0.197. The molecule has 1 saturated heterocycles. The summed E-state index contributed by atoms with van der Waals surface area (Å²) in [7, 11) is 1.96. The maximum absolute atomic E-state index is 12.9. The third kappa shape index (κ3) is 4.18. The molecule has 0 radical (unpaired) electrons. The molecule has 1 aromatic rings. The number of carbonyl (C=O) groups excluding carboxylic acids is 1. The quantitative estimate of drug-likeness (QED) is 0.792. The molecule has 0 bridgehead atoms. The first kappa shape index (κ1) is 18.5. The highest BCUT2D eigenvalue weighted by atomic mass is 16.2. The predicted octanol–water partition coefficient (Wildman–Crippen LogP) is 2.14. The summed E-state index contributed by atoms with van der Waals surface area (Å²) in [5, 5.41) is 7.11. The van der Waals surface area contributed by atoms with Gasteiger partial charge in [0.2, 0.25) is 5.91 Å². The van der Waals surface area contributed by atoms with Crippen molar-refractivity contribution in [3.8, 4) is 0 Å². The molecule has 1 aromatic heterocycles. The van der Waals surface area contributed by atoms with Crippen LogP contribution < -0.4 is 15.5 Å². The largest absolute Gasteiger partial charge is 0.367 e. The normalized spacial score (nSPS) is 22.9. The smallest absolute Gasteiger partial charge is 0.242 e. The van der Waals surface area contributed by atoms with E-state index in [-0.39, 0.29) is 5.91 Å². The first-order chi connectivity index (χ1) is 13.2. The Hall–Kier alpha value is -1.89. The van der Waals surface area contributed by atoms with Crippen molar-refractivity contribution in [1.29, 1.82) is 0 Å². The van der Waals surface area contributed by atoms with E-state index >= 15 is 0 Å². The highest BCUT2D eigenvalue weighted by Crippen LogP contribution is 2.31. The van der Waals surface area contributed by atoms with E-state index in [9.17, 15) is 4.79 Å². The number of amides is 1. The van der Waals surface area contributed by atoms with Gasteiger partial charge in [0.25, 0.3) is 0 Å². The van der Waals surface area contributed by atoms with Gasteiger partial charge in [-0.15, -0.1) is 0 Å². The Morgan fingerprint density at radius 1 is 1.04 bits per heavy atom. The molecule has 4 rings (SSSR count).